The van der Waals surface area contributed by atoms with E-state index in [0.717, 1.165) is 4.68 Å². The fourth-order valence-corrected chi connectivity index (χ4v) is 5.27. The molecular formula is C28H26Cl2F6N4O3Si. The molecular weight excluding hydrogens is 653 g/mol. The van der Waals surface area contributed by atoms with Crippen molar-refractivity contribution in [3.63, 3.8) is 0 Å². The maximum Gasteiger partial charge on any atom is 0.416 e. The lowest BCUT2D eigenvalue weighted by Gasteiger charge is -2.35. The van der Waals surface area contributed by atoms with Crippen LogP contribution in [0.4, 0.5) is 26.3 Å². The molecule has 0 amide bonds. The summed E-state index contributed by atoms with van der Waals surface area (Å²) in [6.07, 6.45) is -10.1. The van der Waals surface area contributed by atoms with Gasteiger partial charge in [-0.3, -0.25) is 4.79 Å². The van der Waals surface area contributed by atoms with Crippen molar-refractivity contribution >= 4 is 37.3 Å². The number of hydrogen-bond acceptors (Lipinski definition) is 6. The zero-order chi connectivity index (χ0) is 32.8. The van der Waals surface area contributed by atoms with Gasteiger partial charge in [0.2, 0.25) is 5.78 Å². The molecule has 0 aliphatic rings. The summed E-state index contributed by atoms with van der Waals surface area (Å²) < 4.78 is 92.8. The number of ketones is 1. The fraction of sp³-hybridized carbons (Fsp3) is 0.357. The highest BCUT2D eigenvalue weighted by molar-refractivity contribution is 6.74. The maximum atomic E-state index is 13.9. The number of alkyl halides is 6. The molecule has 0 spiro atoms. The van der Waals surface area contributed by atoms with Gasteiger partial charge in [0.25, 0.3) is 0 Å². The van der Waals surface area contributed by atoms with Gasteiger partial charge in [-0.2, -0.15) is 26.3 Å². The highest BCUT2D eigenvalue weighted by Gasteiger charge is 2.39. The highest BCUT2D eigenvalue weighted by Crippen LogP contribution is 2.40. The summed E-state index contributed by atoms with van der Waals surface area (Å²) in [4.78, 5) is 13.9. The average molecular weight is 680 g/mol. The van der Waals surface area contributed by atoms with Crippen molar-refractivity contribution in [3.8, 4) is 11.3 Å². The number of halogens is 8. The smallest absolute Gasteiger partial charge is 0.409 e. The Kier molecular flexibility index (Phi) is 9.15. The predicted octanol–water partition coefficient (Wildman–Crippen LogP) is 9.08. The third kappa shape index (κ3) is 7.03. The number of nitrogens with zero attached hydrogens (tertiary/aromatic N) is 4. The first-order valence-corrected chi connectivity index (χ1v) is 16.7. The van der Waals surface area contributed by atoms with E-state index in [9.17, 15) is 31.1 Å². The zero-order valence-electron chi connectivity index (χ0n) is 24.0. The molecule has 16 heteroatoms. The van der Waals surface area contributed by atoms with Crippen molar-refractivity contribution in [3.05, 3.63) is 86.3 Å². The summed E-state index contributed by atoms with van der Waals surface area (Å²) in [5, 5.41) is 11.3. The highest BCUT2D eigenvalue weighted by atomic mass is 35.5. The number of benzene rings is 2. The fourth-order valence-electron chi connectivity index (χ4n) is 3.90. The molecule has 0 saturated carbocycles. The van der Waals surface area contributed by atoms with Gasteiger partial charge in [-0.1, -0.05) is 72.5 Å². The number of aromatic nitrogens is 4. The van der Waals surface area contributed by atoms with E-state index in [0.29, 0.717) is 17.7 Å². The monoisotopic (exact) mass is 678 g/mol. The Labute approximate surface area is 259 Å². The van der Waals surface area contributed by atoms with Gasteiger partial charge in [-0.15, -0.1) is 5.10 Å². The van der Waals surface area contributed by atoms with Crippen molar-refractivity contribution in [2.75, 3.05) is 0 Å². The van der Waals surface area contributed by atoms with E-state index in [1.165, 1.54) is 0 Å². The molecule has 236 valence electrons. The molecule has 0 bridgehead atoms. The van der Waals surface area contributed by atoms with E-state index in [1.54, 1.807) is 24.3 Å². The van der Waals surface area contributed by atoms with Gasteiger partial charge in [0.15, 0.2) is 24.9 Å². The van der Waals surface area contributed by atoms with Crippen molar-refractivity contribution in [1.29, 1.82) is 0 Å². The maximum absolute atomic E-state index is 13.9. The lowest BCUT2D eigenvalue weighted by Crippen LogP contribution is -2.40. The van der Waals surface area contributed by atoms with Crippen LogP contribution in [0.5, 0.6) is 0 Å². The van der Waals surface area contributed by atoms with E-state index in [1.807, 2.05) is 33.9 Å². The van der Waals surface area contributed by atoms with E-state index in [2.05, 4.69) is 15.5 Å². The minimum Gasteiger partial charge on any atom is -0.409 e. The van der Waals surface area contributed by atoms with E-state index >= 15 is 0 Å². The second kappa shape index (κ2) is 12.0. The number of carbonyl (C=O) groups excluding carboxylic acids is 1. The van der Waals surface area contributed by atoms with Gasteiger partial charge >= 0.3 is 12.4 Å². The molecule has 2 aromatic heterocycles. The molecule has 0 saturated heterocycles. The van der Waals surface area contributed by atoms with Crippen LogP contribution in [0.15, 0.2) is 47.0 Å². The van der Waals surface area contributed by atoms with E-state index in [-0.39, 0.29) is 39.8 Å². The van der Waals surface area contributed by atoms with Crippen LogP contribution in [0.3, 0.4) is 0 Å². The molecule has 2 aromatic carbocycles. The molecule has 44 heavy (non-hydrogen) atoms. The second-order valence-corrected chi connectivity index (χ2v) is 17.1. The number of carbonyl (C=O) groups is 1. The minimum atomic E-state index is -5.05. The first-order valence-electron chi connectivity index (χ1n) is 13.0. The Morgan fingerprint density at radius 3 is 2.11 bits per heavy atom. The summed E-state index contributed by atoms with van der Waals surface area (Å²) in [6.45, 7) is 9.31. The van der Waals surface area contributed by atoms with Crippen molar-refractivity contribution in [2.24, 2.45) is 0 Å². The van der Waals surface area contributed by atoms with Crippen LogP contribution >= 0.6 is 23.2 Å². The molecule has 4 aromatic rings. The molecule has 0 aliphatic carbocycles. The third-order valence-corrected chi connectivity index (χ3v) is 12.5. The van der Waals surface area contributed by atoms with Crippen LogP contribution < -0.4 is 0 Å². The van der Waals surface area contributed by atoms with Gasteiger partial charge in [0, 0.05) is 5.56 Å². The Balaban J connectivity index is 1.76. The van der Waals surface area contributed by atoms with Crippen LogP contribution in [0.25, 0.3) is 11.3 Å². The minimum absolute atomic E-state index is 0.0109. The molecule has 0 atom stereocenters. The molecule has 0 fully saturated rings. The van der Waals surface area contributed by atoms with Gasteiger partial charge in [0.1, 0.15) is 5.69 Å². The first-order chi connectivity index (χ1) is 20.2. The average Bonchev–Trinajstić information content (AvgIpc) is 3.49. The van der Waals surface area contributed by atoms with Gasteiger partial charge < -0.3 is 8.95 Å². The Bertz CT molecular complexity index is 1660. The first kappa shape index (κ1) is 33.7. The Morgan fingerprint density at radius 1 is 0.977 bits per heavy atom. The standard InChI is InChI=1S/C28H26Cl2F6N4O3Si/c1-26(2,3)44(4,5)42-14-20-21(22(38-43-20)18-8-6-7-9-19(18)29)24(41)23-25(30)40(39-37-23)13-15-10-16(27(31,32)33)12-17(11-15)28(34,35)36/h6-12H,13-14H2,1-5H3. The van der Waals surface area contributed by atoms with E-state index in [4.69, 9.17) is 32.2 Å². The zero-order valence-corrected chi connectivity index (χ0v) is 26.5. The summed E-state index contributed by atoms with van der Waals surface area (Å²) in [5.74, 6) is -0.765. The topological polar surface area (TPSA) is 83.0 Å². The molecule has 2 heterocycles. The quantitative estimate of drug-likeness (QED) is 0.105. The Morgan fingerprint density at radius 2 is 1.57 bits per heavy atom. The summed E-state index contributed by atoms with van der Waals surface area (Å²) >= 11 is 12.8. The predicted molar refractivity (Wildman–Crippen MR) is 153 cm³/mol. The summed E-state index contributed by atoms with van der Waals surface area (Å²) in [7, 11) is -2.34. The molecule has 0 unspecified atom stereocenters. The second-order valence-electron chi connectivity index (χ2n) is 11.5. The molecule has 4 rings (SSSR count). The van der Waals surface area contributed by atoms with Gasteiger partial charge in [0.05, 0.1) is 34.9 Å². The van der Waals surface area contributed by atoms with Crippen molar-refractivity contribution in [2.45, 2.75) is 64.4 Å². The molecule has 0 radical (unpaired) electrons. The lowest BCUT2D eigenvalue weighted by atomic mass is 10.0. The van der Waals surface area contributed by atoms with Gasteiger partial charge in [-0.25, -0.2) is 4.68 Å². The van der Waals surface area contributed by atoms with Crippen molar-refractivity contribution < 1.29 is 40.1 Å². The SMILES string of the molecule is CC(C)(C)[Si](C)(C)OCc1onc(-c2ccccc2Cl)c1C(=O)c1nnn(Cc2cc(C(F)(F)F)cc(C(F)(F)F)c2)c1Cl. The van der Waals surface area contributed by atoms with Crippen LogP contribution in [0, 0.1) is 0 Å². The normalized spacial score (nSPS) is 13.0. The van der Waals surface area contributed by atoms with E-state index < -0.39 is 60.5 Å². The third-order valence-electron chi connectivity index (χ3n) is 7.36. The largest absolute Gasteiger partial charge is 0.416 e. The summed E-state index contributed by atoms with van der Waals surface area (Å²) in [6, 6.07) is 7.63. The molecule has 0 N–H and O–H groups in total. The Hall–Kier alpha value is -3.20. The van der Waals surface area contributed by atoms with Gasteiger partial charge in [-0.05, 0) is 48.0 Å². The van der Waals surface area contributed by atoms with Crippen LogP contribution in [-0.2, 0) is 29.9 Å². The lowest BCUT2D eigenvalue weighted by molar-refractivity contribution is -0.143. The van der Waals surface area contributed by atoms with Crippen LogP contribution in [-0.4, -0.2) is 34.3 Å². The number of hydrogen-bond donors (Lipinski definition) is 0. The molecule has 0 aliphatic heterocycles. The van der Waals surface area contributed by atoms with Crippen LogP contribution in [0.2, 0.25) is 28.3 Å². The summed E-state index contributed by atoms with van der Waals surface area (Å²) in [5.41, 5.74) is -3.52. The molecule has 7 nitrogen and oxygen atoms in total. The van der Waals surface area contributed by atoms with Crippen LogP contribution in [0.1, 0.15) is 59.3 Å². The number of rotatable bonds is 8. The van der Waals surface area contributed by atoms with Crippen molar-refractivity contribution in [1.82, 2.24) is 20.2 Å².